The molecule has 1 amide bonds. The van der Waals surface area contributed by atoms with Gasteiger partial charge >= 0.3 is 0 Å². The standard InChI is InChI=1S/C29H39N7O3/c1-21(2)14-24(37)4-3-5-27(38)36-19-29(20-36)6-8-34(9-7-29)23-15-25(22-17-31-28(30)32-18-22)33-26(16-23)35-10-12-39-13-11-35/h14-18H,3-13,19-20H2,1-2H3,(H2,30,31,32). The quantitative estimate of drug-likeness (QED) is 0.511. The number of rotatable bonds is 8. The number of ether oxygens (including phenoxy) is 1. The SMILES string of the molecule is CC(C)=CC(=O)CCCC(=O)N1CC2(CCN(c3cc(-c4cnc(N)nc4)nc(N4CCOCC4)c3)CC2)C1. The van der Waals surface area contributed by atoms with Crippen LogP contribution in [0.15, 0.2) is 36.2 Å². The Morgan fingerprint density at radius 3 is 2.36 bits per heavy atom. The van der Waals surface area contributed by atoms with E-state index in [9.17, 15) is 9.59 Å². The summed E-state index contributed by atoms with van der Waals surface area (Å²) in [6.45, 7) is 10.4. The van der Waals surface area contributed by atoms with E-state index in [0.29, 0.717) is 32.5 Å². The van der Waals surface area contributed by atoms with Crippen molar-refractivity contribution in [2.75, 3.05) is 68.0 Å². The number of nitrogen functional groups attached to an aromatic ring is 1. The number of carbonyl (C=O) groups is 2. The molecular weight excluding hydrogens is 494 g/mol. The van der Waals surface area contributed by atoms with Crippen molar-refractivity contribution in [3.05, 3.63) is 36.2 Å². The number of carbonyl (C=O) groups excluding carboxylic acids is 2. The summed E-state index contributed by atoms with van der Waals surface area (Å²) in [7, 11) is 0. The lowest BCUT2D eigenvalue weighted by Gasteiger charge is -2.54. The fourth-order valence-electron chi connectivity index (χ4n) is 5.72. The van der Waals surface area contributed by atoms with Crippen LogP contribution in [0.1, 0.15) is 46.0 Å². The number of nitrogens with zero attached hydrogens (tertiary/aromatic N) is 6. The largest absolute Gasteiger partial charge is 0.378 e. The van der Waals surface area contributed by atoms with Gasteiger partial charge in [0.25, 0.3) is 0 Å². The minimum absolute atomic E-state index is 0.107. The maximum atomic E-state index is 12.7. The van der Waals surface area contributed by atoms with Gasteiger partial charge in [-0.3, -0.25) is 9.59 Å². The molecule has 3 aliphatic heterocycles. The number of allylic oxidation sites excluding steroid dienone is 2. The van der Waals surface area contributed by atoms with E-state index in [2.05, 4.69) is 31.9 Å². The lowest BCUT2D eigenvalue weighted by molar-refractivity contribution is -0.144. The number of hydrogen-bond acceptors (Lipinski definition) is 9. The van der Waals surface area contributed by atoms with Gasteiger partial charge in [0.1, 0.15) is 5.82 Å². The van der Waals surface area contributed by atoms with Crippen molar-refractivity contribution in [1.82, 2.24) is 19.9 Å². The van der Waals surface area contributed by atoms with Gasteiger partial charge in [-0.2, -0.15) is 0 Å². The van der Waals surface area contributed by atoms with E-state index in [4.69, 9.17) is 15.5 Å². The Balaban J connectivity index is 1.20. The van der Waals surface area contributed by atoms with Gasteiger partial charge in [-0.1, -0.05) is 5.57 Å². The number of morpholine rings is 1. The zero-order valence-electron chi connectivity index (χ0n) is 23.1. The third-order valence-corrected chi connectivity index (χ3v) is 7.96. The zero-order chi connectivity index (χ0) is 27.4. The van der Waals surface area contributed by atoms with Gasteiger partial charge in [0.05, 0.1) is 18.9 Å². The highest BCUT2D eigenvalue weighted by molar-refractivity contribution is 5.90. The molecule has 3 saturated heterocycles. The van der Waals surface area contributed by atoms with Crippen LogP contribution in [0.2, 0.25) is 0 Å². The summed E-state index contributed by atoms with van der Waals surface area (Å²) in [5.74, 6) is 1.46. The number of amides is 1. The minimum Gasteiger partial charge on any atom is -0.378 e. The van der Waals surface area contributed by atoms with E-state index in [0.717, 1.165) is 80.4 Å². The summed E-state index contributed by atoms with van der Waals surface area (Å²) in [5.41, 5.74) is 9.73. The summed E-state index contributed by atoms with van der Waals surface area (Å²) < 4.78 is 5.55. The number of anilines is 3. The molecule has 2 aromatic heterocycles. The molecule has 0 unspecified atom stereocenters. The Morgan fingerprint density at radius 1 is 1.00 bits per heavy atom. The maximum absolute atomic E-state index is 12.7. The van der Waals surface area contributed by atoms with E-state index in [1.54, 1.807) is 18.5 Å². The predicted octanol–water partition coefficient (Wildman–Crippen LogP) is 3.09. The fourth-order valence-corrected chi connectivity index (χ4v) is 5.72. The van der Waals surface area contributed by atoms with E-state index in [1.807, 2.05) is 18.7 Å². The number of nitrogens with two attached hydrogens (primary N) is 1. The molecule has 0 radical (unpaired) electrons. The summed E-state index contributed by atoms with van der Waals surface area (Å²) >= 11 is 0. The molecule has 3 aliphatic rings. The second kappa shape index (κ2) is 11.7. The van der Waals surface area contributed by atoms with Crippen molar-refractivity contribution in [2.24, 2.45) is 5.41 Å². The molecule has 0 atom stereocenters. The normalized spacial score (nSPS) is 18.6. The molecule has 3 fully saturated rings. The van der Waals surface area contributed by atoms with Gasteiger partial charge in [0.15, 0.2) is 5.78 Å². The number of aromatic nitrogens is 3. The molecule has 0 saturated carbocycles. The van der Waals surface area contributed by atoms with Crippen LogP contribution >= 0.6 is 0 Å². The third-order valence-electron chi connectivity index (χ3n) is 7.96. The molecule has 0 aliphatic carbocycles. The Hall–Kier alpha value is -3.53. The van der Waals surface area contributed by atoms with Gasteiger partial charge in [-0.05, 0) is 45.3 Å². The molecule has 5 rings (SSSR count). The number of likely N-dealkylation sites (tertiary alicyclic amines) is 1. The first-order chi connectivity index (χ1) is 18.8. The summed E-state index contributed by atoms with van der Waals surface area (Å²) in [6, 6.07) is 4.29. The monoisotopic (exact) mass is 533 g/mol. The summed E-state index contributed by atoms with van der Waals surface area (Å²) in [4.78, 5) is 44.5. The maximum Gasteiger partial charge on any atom is 0.222 e. The van der Waals surface area contributed by atoms with Crippen molar-refractivity contribution in [1.29, 1.82) is 0 Å². The number of ketones is 1. The summed E-state index contributed by atoms with van der Waals surface area (Å²) in [5, 5.41) is 0. The highest BCUT2D eigenvalue weighted by Crippen LogP contribution is 2.42. The second-order valence-corrected chi connectivity index (χ2v) is 11.3. The van der Waals surface area contributed by atoms with Crippen LogP contribution < -0.4 is 15.5 Å². The molecule has 0 aromatic carbocycles. The van der Waals surface area contributed by atoms with Crippen LogP contribution in [0, 0.1) is 5.41 Å². The van der Waals surface area contributed by atoms with E-state index in [-0.39, 0.29) is 23.1 Å². The molecule has 0 bridgehead atoms. The number of hydrogen-bond donors (Lipinski definition) is 1. The third kappa shape index (κ3) is 6.55. The first-order valence-electron chi connectivity index (χ1n) is 13.9. The molecule has 10 nitrogen and oxygen atoms in total. The Labute approximate surface area is 230 Å². The van der Waals surface area contributed by atoms with Gasteiger partial charge in [-0.15, -0.1) is 0 Å². The number of piperidine rings is 1. The van der Waals surface area contributed by atoms with Gasteiger partial charge in [-0.25, -0.2) is 15.0 Å². The van der Waals surface area contributed by atoms with Crippen molar-refractivity contribution >= 4 is 29.1 Å². The first kappa shape index (κ1) is 27.1. The average Bonchev–Trinajstić information content (AvgIpc) is 2.92. The predicted molar refractivity (Wildman–Crippen MR) is 151 cm³/mol. The highest BCUT2D eigenvalue weighted by atomic mass is 16.5. The van der Waals surface area contributed by atoms with Crippen molar-refractivity contribution < 1.29 is 14.3 Å². The topological polar surface area (TPSA) is 118 Å². The van der Waals surface area contributed by atoms with Crippen LogP contribution in [0.4, 0.5) is 17.5 Å². The van der Waals surface area contributed by atoms with Crippen molar-refractivity contribution in [3.8, 4) is 11.3 Å². The number of pyridine rings is 1. The molecule has 2 N–H and O–H groups in total. The van der Waals surface area contributed by atoms with Crippen LogP contribution in [-0.2, 0) is 14.3 Å². The van der Waals surface area contributed by atoms with E-state index < -0.39 is 0 Å². The van der Waals surface area contributed by atoms with Gasteiger partial charge in [0.2, 0.25) is 11.9 Å². The molecule has 5 heterocycles. The van der Waals surface area contributed by atoms with Crippen molar-refractivity contribution in [3.63, 3.8) is 0 Å². The molecule has 208 valence electrons. The molecule has 10 heteroatoms. The molecular formula is C29H39N7O3. The average molecular weight is 534 g/mol. The molecule has 2 aromatic rings. The van der Waals surface area contributed by atoms with Gasteiger partial charge in [0, 0.05) is 87.2 Å². The van der Waals surface area contributed by atoms with Gasteiger partial charge < -0.3 is 25.2 Å². The second-order valence-electron chi connectivity index (χ2n) is 11.3. The van der Waals surface area contributed by atoms with E-state index >= 15 is 0 Å². The lowest BCUT2D eigenvalue weighted by Crippen LogP contribution is -2.61. The lowest BCUT2D eigenvalue weighted by atomic mass is 9.71. The first-order valence-corrected chi connectivity index (χ1v) is 13.9. The Kier molecular flexibility index (Phi) is 8.11. The van der Waals surface area contributed by atoms with Crippen LogP contribution in [0.25, 0.3) is 11.3 Å². The fraction of sp³-hybridized carbons (Fsp3) is 0.552. The van der Waals surface area contributed by atoms with E-state index in [1.165, 1.54) is 0 Å². The molecule has 39 heavy (non-hydrogen) atoms. The van der Waals surface area contributed by atoms with Crippen LogP contribution in [0.5, 0.6) is 0 Å². The van der Waals surface area contributed by atoms with Crippen LogP contribution in [-0.4, -0.2) is 84.0 Å². The Morgan fingerprint density at radius 2 is 1.69 bits per heavy atom. The summed E-state index contributed by atoms with van der Waals surface area (Å²) in [6.07, 6.45) is 8.71. The molecule has 1 spiro atoms. The zero-order valence-corrected chi connectivity index (χ0v) is 23.1. The highest BCUT2D eigenvalue weighted by Gasteiger charge is 2.46. The smallest absolute Gasteiger partial charge is 0.222 e. The Bertz CT molecular complexity index is 1200. The van der Waals surface area contributed by atoms with Crippen molar-refractivity contribution in [2.45, 2.75) is 46.0 Å². The van der Waals surface area contributed by atoms with Crippen LogP contribution in [0.3, 0.4) is 0 Å². The minimum atomic E-state index is 0.107.